The van der Waals surface area contributed by atoms with E-state index in [9.17, 15) is 4.79 Å². The van der Waals surface area contributed by atoms with E-state index in [-0.39, 0.29) is 17.7 Å². The lowest BCUT2D eigenvalue weighted by Gasteiger charge is -2.17. The number of nitrogens with zero attached hydrogens (tertiary/aromatic N) is 4. The van der Waals surface area contributed by atoms with Crippen molar-refractivity contribution in [1.29, 1.82) is 0 Å². The molecule has 96 valence electrons. The number of aromatic nitrogens is 4. The zero-order valence-corrected chi connectivity index (χ0v) is 10.8. The van der Waals surface area contributed by atoms with Crippen molar-refractivity contribution in [3.8, 4) is 0 Å². The largest absolute Gasteiger partial charge is 0.355 e. The molecule has 2 rings (SSSR count). The molecule has 2 aromatic heterocycles. The molecule has 0 aliphatic rings. The number of aromatic amines is 1. The molecule has 8 heteroatoms. The van der Waals surface area contributed by atoms with Gasteiger partial charge in [-0.1, -0.05) is 0 Å². The fourth-order valence-corrected chi connectivity index (χ4v) is 1.77. The third kappa shape index (κ3) is 2.51. The predicted molar refractivity (Wildman–Crippen MR) is 68.6 cm³/mol. The summed E-state index contributed by atoms with van der Waals surface area (Å²) in [4.78, 5) is 28.3. The molecule has 2 aromatic rings. The Labute approximate surface area is 109 Å². The summed E-state index contributed by atoms with van der Waals surface area (Å²) in [6.07, 6.45) is 1.51. The van der Waals surface area contributed by atoms with Gasteiger partial charge in [-0.05, 0) is 18.5 Å². The lowest BCUT2D eigenvalue weighted by Crippen LogP contribution is -2.35. The zero-order chi connectivity index (χ0) is 13.1. The number of hydrogen-bond donors (Lipinski definition) is 2. The second-order valence-electron chi connectivity index (χ2n) is 3.73. The number of hydrogen-bond acceptors (Lipinski definition) is 5. The van der Waals surface area contributed by atoms with E-state index in [1.165, 1.54) is 6.33 Å². The van der Waals surface area contributed by atoms with Crippen molar-refractivity contribution in [2.75, 3.05) is 25.0 Å². The summed E-state index contributed by atoms with van der Waals surface area (Å²) in [5, 5.41) is 2.82. The molecule has 0 aromatic carbocycles. The number of carbonyl (C=O) groups is 1. The molecule has 0 saturated heterocycles. The summed E-state index contributed by atoms with van der Waals surface area (Å²) in [6.45, 7) is 2.65. The summed E-state index contributed by atoms with van der Waals surface area (Å²) in [5.74, 6) is 0.469. The van der Waals surface area contributed by atoms with Gasteiger partial charge >= 0.3 is 0 Å². The standard InChI is InChI=1S/C10H13ClN6O/c1-3-12-6(18)4-17(2)9-7-8(14-5-13-7)15-10(11)16-9/h5H,3-4H2,1-2H3,(H,12,18)(H,13,14,15,16). The number of nitrogens with one attached hydrogen (secondary N) is 2. The number of carbonyl (C=O) groups excluding carboxylic acids is 1. The van der Waals surface area contributed by atoms with Crippen LogP contribution < -0.4 is 10.2 Å². The Morgan fingerprint density at radius 3 is 3.06 bits per heavy atom. The minimum absolute atomic E-state index is 0.0811. The average molecular weight is 269 g/mol. The molecule has 7 nitrogen and oxygen atoms in total. The maximum Gasteiger partial charge on any atom is 0.239 e. The average Bonchev–Trinajstić information content (AvgIpc) is 2.75. The Kier molecular flexibility index (Phi) is 3.61. The molecule has 0 bridgehead atoms. The van der Waals surface area contributed by atoms with Crippen molar-refractivity contribution in [3.05, 3.63) is 11.6 Å². The van der Waals surface area contributed by atoms with Crippen LogP contribution in [0.2, 0.25) is 5.28 Å². The van der Waals surface area contributed by atoms with E-state index in [4.69, 9.17) is 11.6 Å². The third-order valence-electron chi connectivity index (χ3n) is 2.36. The molecular weight excluding hydrogens is 256 g/mol. The number of rotatable bonds is 4. The van der Waals surface area contributed by atoms with Gasteiger partial charge in [-0.25, -0.2) is 4.98 Å². The minimum Gasteiger partial charge on any atom is -0.355 e. The van der Waals surface area contributed by atoms with E-state index < -0.39 is 0 Å². The van der Waals surface area contributed by atoms with Crippen molar-refractivity contribution in [2.24, 2.45) is 0 Å². The molecule has 0 unspecified atom stereocenters. The lowest BCUT2D eigenvalue weighted by molar-refractivity contribution is -0.119. The van der Waals surface area contributed by atoms with Crippen molar-refractivity contribution in [3.63, 3.8) is 0 Å². The maximum absolute atomic E-state index is 11.5. The second kappa shape index (κ2) is 5.18. The number of imidazole rings is 1. The van der Waals surface area contributed by atoms with Gasteiger partial charge in [-0.3, -0.25) is 4.79 Å². The SMILES string of the molecule is CCNC(=O)CN(C)c1nc(Cl)nc2nc[nH]c12. The van der Waals surface area contributed by atoms with Gasteiger partial charge in [0, 0.05) is 13.6 Å². The first kappa shape index (κ1) is 12.6. The van der Waals surface area contributed by atoms with Gasteiger partial charge in [-0.15, -0.1) is 0 Å². The van der Waals surface area contributed by atoms with Crippen molar-refractivity contribution < 1.29 is 4.79 Å². The fourth-order valence-electron chi connectivity index (χ4n) is 1.61. The number of halogens is 1. The maximum atomic E-state index is 11.5. The molecular formula is C10H13ClN6O. The summed E-state index contributed by atoms with van der Waals surface area (Å²) in [7, 11) is 1.76. The number of fused-ring (bicyclic) bond motifs is 1. The first-order chi connectivity index (χ1) is 8.61. The molecule has 0 spiro atoms. The Hall–Kier alpha value is -1.89. The highest BCUT2D eigenvalue weighted by atomic mass is 35.5. The summed E-state index contributed by atoms with van der Waals surface area (Å²) in [6, 6.07) is 0. The summed E-state index contributed by atoms with van der Waals surface area (Å²) in [5.41, 5.74) is 1.14. The van der Waals surface area contributed by atoms with Gasteiger partial charge < -0.3 is 15.2 Å². The van der Waals surface area contributed by atoms with Crippen LogP contribution in [-0.4, -0.2) is 46.0 Å². The summed E-state index contributed by atoms with van der Waals surface area (Å²) < 4.78 is 0. The van der Waals surface area contributed by atoms with E-state index in [2.05, 4.69) is 25.3 Å². The molecule has 0 saturated carbocycles. The Morgan fingerprint density at radius 1 is 1.56 bits per heavy atom. The van der Waals surface area contributed by atoms with Gasteiger partial charge in [-0.2, -0.15) is 9.97 Å². The van der Waals surface area contributed by atoms with Crippen LogP contribution in [0, 0.1) is 0 Å². The smallest absolute Gasteiger partial charge is 0.239 e. The number of anilines is 1. The van der Waals surface area contributed by atoms with Crippen LogP contribution >= 0.6 is 11.6 Å². The molecule has 0 radical (unpaired) electrons. The zero-order valence-electron chi connectivity index (χ0n) is 10.1. The van der Waals surface area contributed by atoms with Gasteiger partial charge in [0.05, 0.1) is 12.9 Å². The molecule has 0 aliphatic heterocycles. The molecule has 0 atom stereocenters. The molecule has 0 aliphatic carbocycles. The van der Waals surface area contributed by atoms with Crippen LogP contribution in [0.4, 0.5) is 5.82 Å². The van der Waals surface area contributed by atoms with E-state index in [0.717, 1.165) is 0 Å². The minimum atomic E-state index is -0.0811. The Morgan fingerprint density at radius 2 is 2.33 bits per heavy atom. The Balaban J connectivity index is 2.29. The highest BCUT2D eigenvalue weighted by Crippen LogP contribution is 2.21. The fraction of sp³-hybridized carbons (Fsp3) is 0.400. The van der Waals surface area contributed by atoms with Gasteiger partial charge in [0.2, 0.25) is 11.2 Å². The topological polar surface area (TPSA) is 86.8 Å². The van der Waals surface area contributed by atoms with Gasteiger partial charge in [0.15, 0.2) is 11.5 Å². The van der Waals surface area contributed by atoms with E-state index in [1.807, 2.05) is 6.92 Å². The first-order valence-electron chi connectivity index (χ1n) is 5.46. The van der Waals surface area contributed by atoms with Crippen molar-refractivity contribution in [1.82, 2.24) is 25.3 Å². The van der Waals surface area contributed by atoms with Crippen LogP contribution in [0.25, 0.3) is 11.2 Å². The molecule has 2 N–H and O–H groups in total. The van der Waals surface area contributed by atoms with Crippen molar-refractivity contribution in [2.45, 2.75) is 6.92 Å². The molecule has 18 heavy (non-hydrogen) atoms. The molecule has 0 fully saturated rings. The molecule has 1 amide bonds. The van der Waals surface area contributed by atoms with Gasteiger partial charge in [0.25, 0.3) is 0 Å². The quantitative estimate of drug-likeness (QED) is 0.792. The van der Waals surface area contributed by atoms with Crippen LogP contribution in [0.1, 0.15) is 6.92 Å². The number of H-pyrrole nitrogens is 1. The molecule has 2 heterocycles. The number of amides is 1. The third-order valence-corrected chi connectivity index (χ3v) is 2.52. The van der Waals surface area contributed by atoms with Crippen LogP contribution in [0.3, 0.4) is 0 Å². The first-order valence-corrected chi connectivity index (χ1v) is 5.84. The number of likely N-dealkylation sites (N-methyl/N-ethyl adjacent to an activating group) is 2. The monoisotopic (exact) mass is 268 g/mol. The van der Waals surface area contributed by atoms with Crippen LogP contribution in [-0.2, 0) is 4.79 Å². The Bertz CT molecular complexity index is 568. The highest BCUT2D eigenvalue weighted by molar-refractivity contribution is 6.28. The predicted octanol–water partition coefficient (Wildman–Crippen LogP) is 0.579. The van der Waals surface area contributed by atoms with Crippen LogP contribution in [0.15, 0.2) is 6.33 Å². The van der Waals surface area contributed by atoms with E-state index >= 15 is 0 Å². The normalized spacial score (nSPS) is 10.6. The lowest BCUT2D eigenvalue weighted by atomic mass is 10.4. The van der Waals surface area contributed by atoms with E-state index in [0.29, 0.717) is 23.5 Å². The van der Waals surface area contributed by atoms with Crippen molar-refractivity contribution >= 4 is 34.5 Å². The summed E-state index contributed by atoms with van der Waals surface area (Å²) >= 11 is 5.82. The van der Waals surface area contributed by atoms with Crippen LogP contribution in [0.5, 0.6) is 0 Å². The highest BCUT2D eigenvalue weighted by Gasteiger charge is 2.14. The van der Waals surface area contributed by atoms with E-state index in [1.54, 1.807) is 11.9 Å². The second-order valence-corrected chi connectivity index (χ2v) is 4.07. The van der Waals surface area contributed by atoms with Gasteiger partial charge in [0.1, 0.15) is 5.52 Å².